The standard InChI is InChI=1S/C11H9N5.BrH/c1-2-4-9-8(3-1)7-12-11(14-9)15-10-5-6-13-16-10;/h1-7H,(H2,12,13,14,15,16);1H. The van der Waals surface area contributed by atoms with Crippen molar-refractivity contribution in [1.82, 2.24) is 20.2 Å². The van der Waals surface area contributed by atoms with Crippen LogP contribution in [0, 0.1) is 0 Å². The zero-order valence-corrected chi connectivity index (χ0v) is 10.5. The molecule has 3 aromatic rings. The van der Waals surface area contributed by atoms with Gasteiger partial charge in [0.05, 0.1) is 11.7 Å². The average Bonchev–Trinajstić information content (AvgIpc) is 2.82. The molecule has 0 spiro atoms. The second-order valence-corrected chi connectivity index (χ2v) is 3.35. The van der Waals surface area contributed by atoms with Gasteiger partial charge in [-0.1, -0.05) is 18.2 Å². The van der Waals surface area contributed by atoms with Gasteiger partial charge in [-0.05, 0) is 6.07 Å². The van der Waals surface area contributed by atoms with Gasteiger partial charge in [0.1, 0.15) is 5.82 Å². The molecule has 5 nitrogen and oxygen atoms in total. The lowest BCUT2D eigenvalue weighted by atomic mass is 10.2. The fraction of sp³-hybridized carbons (Fsp3) is 0. The third-order valence-electron chi connectivity index (χ3n) is 2.24. The monoisotopic (exact) mass is 291 g/mol. The van der Waals surface area contributed by atoms with Gasteiger partial charge in [-0.3, -0.25) is 5.10 Å². The van der Waals surface area contributed by atoms with Crippen LogP contribution in [0.15, 0.2) is 42.7 Å². The second-order valence-electron chi connectivity index (χ2n) is 3.35. The SMILES string of the molecule is Br.c1ccc2nc(Nc3ccn[nH]3)ncc2c1. The lowest BCUT2D eigenvalue weighted by Gasteiger charge is -2.02. The third kappa shape index (κ3) is 2.42. The Morgan fingerprint density at radius 2 is 2.00 bits per heavy atom. The van der Waals surface area contributed by atoms with Crippen LogP contribution in [0.3, 0.4) is 0 Å². The molecule has 0 aliphatic heterocycles. The number of nitrogens with one attached hydrogen (secondary N) is 2. The Morgan fingerprint density at radius 3 is 2.82 bits per heavy atom. The van der Waals surface area contributed by atoms with Crippen molar-refractivity contribution in [1.29, 1.82) is 0 Å². The first-order valence-electron chi connectivity index (χ1n) is 4.90. The van der Waals surface area contributed by atoms with E-state index in [0.717, 1.165) is 16.7 Å². The lowest BCUT2D eigenvalue weighted by Crippen LogP contribution is -1.97. The zero-order chi connectivity index (χ0) is 10.8. The summed E-state index contributed by atoms with van der Waals surface area (Å²) in [6, 6.07) is 9.67. The van der Waals surface area contributed by atoms with E-state index in [1.807, 2.05) is 30.3 Å². The van der Waals surface area contributed by atoms with Crippen LogP contribution in [0.25, 0.3) is 10.9 Å². The molecule has 2 heterocycles. The molecular weight excluding hydrogens is 282 g/mol. The topological polar surface area (TPSA) is 66.5 Å². The van der Waals surface area contributed by atoms with Crippen molar-refractivity contribution in [3.63, 3.8) is 0 Å². The number of benzene rings is 1. The van der Waals surface area contributed by atoms with Crippen molar-refractivity contribution in [2.75, 3.05) is 5.32 Å². The van der Waals surface area contributed by atoms with Crippen molar-refractivity contribution in [3.05, 3.63) is 42.7 Å². The second kappa shape index (κ2) is 4.92. The molecule has 0 amide bonds. The molecule has 0 bridgehead atoms. The van der Waals surface area contributed by atoms with Gasteiger partial charge >= 0.3 is 0 Å². The first-order valence-corrected chi connectivity index (χ1v) is 4.90. The largest absolute Gasteiger partial charge is 0.309 e. The molecule has 1 aromatic carbocycles. The van der Waals surface area contributed by atoms with Gasteiger partial charge in [-0.15, -0.1) is 17.0 Å². The van der Waals surface area contributed by atoms with Crippen LogP contribution in [0.5, 0.6) is 0 Å². The maximum atomic E-state index is 4.38. The van der Waals surface area contributed by atoms with Crippen molar-refractivity contribution in [3.8, 4) is 0 Å². The fourth-order valence-electron chi connectivity index (χ4n) is 1.48. The van der Waals surface area contributed by atoms with Gasteiger partial charge in [0, 0.05) is 17.6 Å². The van der Waals surface area contributed by atoms with E-state index >= 15 is 0 Å². The van der Waals surface area contributed by atoms with E-state index in [1.165, 1.54) is 0 Å². The number of fused-ring (bicyclic) bond motifs is 1. The van der Waals surface area contributed by atoms with Crippen LogP contribution in [-0.2, 0) is 0 Å². The Hall–Kier alpha value is -1.95. The number of halogens is 1. The minimum atomic E-state index is 0. The predicted octanol–water partition coefficient (Wildman–Crippen LogP) is 2.67. The van der Waals surface area contributed by atoms with Crippen molar-refractivity contribution in [2.45, 2.75) is 0 Å². The van der Waals surface area contributed by atoms with E-state index in [4.69, 9.17) is 0 Å². The van der Waals surface area contributed by atoms with Crippen LogP contribution in [0.4, 0.5) is 11.8 Å². The number of anilines is 2. The van der Waals surface area contributed by atoms with Crippen molar-refractivity contribution < 1.29 is 0 Å². The highest BCUT2D eigenvalue weighted by Gasteiger charge is 2.00. The summed E-state index contributed by atoms with van der Waals surface area (Å²) in [4.78, 5) is 8.59. The smallest absolute Gasteiger partial charge is 0.228 e. The molecule has 6 heteroatoms. The van der Waals surface area contributed by atoms with Crippen LogP contribution in [0.1, 0.15) is 0 Å². The van der Waals surface area contributed by atoms with Crippen LogP contribution in [-0.4, -0.2) is 20.2 Å². The molecule has 0 radical (unpaired) electrons. The molecule has 0 saturated heterocycles. The first kappa shape index (κ1) is 11.5. The number of aromatic nitrogens is 4. The van der Waals surface area contributed by atoms with E-state index < -0.39 is 0 Å². The summed E-state index contributed by atoms with van der Waals surface area (Å²) in [5.41, 5.74) is 0.916. The summed E-state index contributed by atoms with van der Waals surface area (Å²) >= 11 is 0. The Kier molecular flexibility index (Phi) is 3.34. The molecule has 0 unspecified atom stereocenters. The Balaban J connectivity index is 0.00000108. The zero-order valence-electron chi connectivity index (χ0n) is 8.79. The highest BCUT2D eigenvalue weighted by atomic mass is 79.9. The Labute approximate surface area is 108 Å². The van der Waals surface area contributed by atoms with Gasteiger partial charge in [-0.2, -0.15) is 5.10 Å². The normalized spacial score (nSPS) is 9.88. The highest BCUT2D eigenvalue weighted by molar-refractivity contribution is 8.93. The van der Waals surface area contributed by atoms with Crippen molar-refractivity contribution >= 4 is 39.7 Å². The third-order valence-corrected chi connectivity index (χ3v) is 2.24. The molecule has 0 aliphatic carbocycles. The Bertz CT molecular complexity index is 608. The minimum absolute atomic E-state index is 0. The van der Waals surface area contributed by atoms with Crippen molar-refractivity contribution in [2.24, 2.45) is 0 Å². The van der Waals surface area contributed by atoms with E-state index in [2.05, 4.69) is 25.5 Å². The number of hydrogen-bond acceptors (Lipinski definition) is 4. The molecule has 17 heavy (non-hydrogen) atoms. The number of hydrogen-bond donors (Lipinski definition) is 2. The quantitative estimate of drug-likeness (QED) is 0.762. The molecule has 2 aromatic heterocycles. The minimum Gasteiger partial charge on any atom is -0.309 e. The molecule has 0 atom stereocenters. The van der Waals surface area contributed by atoms with E-state index in [-0.39, 0.29) is 17.0 Å². The van der Waals surface area contributed by atoms with E-state index in [9.17, 15) is 0 Å². The molecule has 2 N–H and O–H groups in total. The molecule has 0 fully saturated rings. The number of rotatable bonds is 2. The van der Waals surface area contributed by atoms with Crippen LogP contribution < -0.4 is 5.32 Å². The summed E-state index contributed by atoms with van der Waals surface area (Å²) in [6.45, 7) is 0. The summed E-state index contributed by atoms with van der Waals surface area (Å²) in [6.07, 6.45) is 3.46. The summed E-state index contributed by atoms with van der Waals surface area (Å²) in [7, 11) is 0. The molecule has 0 saturated carbocycles. The summed E-state index contributed by atoms with van der Waals surface area (Å²) < 4.78 is 0. The highest BCUT2D eigenvalue weighted by Crippen LogP contribution is 2.14. The van der Waals surface area contributed by atoms with E-state index in [0.29, 0.717) is 5.95 Å². The number of H-pyrrole nitrogens is 1. The van der Waals surface area contributed by atoms with Gasteiger partial charge < -0.3 is 5.32 Å². The molecule has 0 aliphatic rings. The molecule has 3 rings (SSSR count). The fourth-order valence-corrected chi connectivity index (χ4v) is 1.48. The average molecular weight is 292 g/mol. The maximum Gasteiger partial charge on any atom is 0.228 e. The van der Waals surface area contributed by atoms with Crippen LogP contribution >= 0.6 is 17.0 Å². The summed E-state index contributed by atoms with van der Waals surface area (Å²) in [5.74, 6) is 1.33. The first-order chi connectivity index (χ1) is 7.92. The van der Waals surface area contributed by atoms with Crippen LogP contribution in [0.2, 0.25) is 0 Å². The van der Waals surface area contributed by atoms with Gasteiger partial charge in [0.2, 0.25) is 5.95 Å². The number of nitrogens with zero attached hydrogens (tertiary/aromatic N) is 3. The maximum absolute atomic E-state index is 4.38. The summed E-state index contributed by atoms with van der Waals surface area (Å²) in [5, 5.41) is 10.7. The molecular formula is C11H10BrN5. The number of aromatic amines is 1. The number of para-hydroxylation sites is 1. The van der Waals surface area contributed by atoms with E-state index in [1.54, 1.807) is 12.4 Å². The van der Waals surface area contributed by atoms with Gasteiger partial charge in [0.25, 0.3) is 0 Å². The Morgan fingerprint density at radius 1 is 1.12 bits per heavy atom. The van der Waals surface area contributed by atoms with Gasteiger partial charge in [0.15, 0.2) is 0 Å². The van der Waals surface area contributed by atoms with Gasteiger partial charge in [-0.25, -0.2) is 9.97 Å². The molecule has 86 valence electrons. The predicted molar refractivity (Wildman–Crippen MR) is 71.7 cm³/mol. The lowest BCUT2D eigenvalue weighted by molar-refractivity contribution is 1.08.